The van der Waals surface area contributed by atoms with E-state index in [0.29, 0.717) is 13.2 Å². The molecule has 3 heterocycles. The molecule has 0 aliphatic carbocycles. The van der Waals surface area contributed by atoms with Crippen LogP contribution in [0.5, 0.6) is 0 Å². The molecule has 0 radical (unpaired) electrons. The molecule has 2 aromatic rings. The average molecular weight is 274 g/mol. The molecule has 0 saturated carbocycles. The number of aryl methyl sites for hydroxylation is 2. The van der Waals surface area contributed by atoms with Crippen LogP contribution in [0.25, 0.3) is 0 Å². The Morgan fingerprint density at radius 1 is 1.30 bits per heavy atom. The predicted molar refractivity (Wildman–Crippen MR) is 73.5 cm³/mol. The molecule has 1 saturated heterocycles. The van der Waals surface area contributed by atoms with Crippen molar-refractivity contribution in [2.24, 2.45) is 0 Å². The van der Waals surface area contributed by atoms with Crippen LogP contribution in [0.4, 0.5) is 5.95 Å². The number of hydrogen-bond donors (Lipinski definition) is 0. The smallest absolute Gasteiger partial charge is 0.225 e. The van der Waals surface area contributed by atoms with Crippen molar-refractivity contribution in [2.45, 2.75) is 26.5 Å². The molecule has 20 heavy (non-hydrogen) atoms. The number of anilines is 1. The molecule has 0 bridgehead atoms. The molecule has 1 aliphatic rings. The predicted octanol–water partition coefficient (Wildman–Crippen LogP) is 0.590. The highest BCUT2D eigenvalue weighted by Gasteiger charge is 2.23. The van der Waals surface area contributed by atoms with E-state index in [1.807, 2.05) is 19.9 Å². The maximum atomic E-state index is 5.78. The third-order valence-electron chi connectivity index (χ3n) is 3.25. The molecule has 1 aliphatic heterocycles. The first kappa shape index (κ1) is 13.0. The SMILES string of the molecule is Cc1cc(C)nc(N2CCOC(Cn3cncn3)C2)n1. The lowest BCUT2D eigenvalue weighted by Crippen LogP contribution is -2.45. The van der Waals surface area contributed by atoms with Crippen LogP contribution in [0.2, 0.25) is 0 Å². The fraction of sp³-hybridized carbons (Fsp3) is 0.538. The summed E-state index contributed by atoms with van der Waals surface area (Å²) in [7, 11) is 0. The molecule has 2 aromatic heterocycles. The Morgan fingerprint density at radius 3 is 2.80 bits per heavy atom. The van der Waals surface area contributed by atoms with Gasteiger partial charge in [0.25, 0.3) is 0 Å². The van der Waals surface area contributed by atoms with E-state index in [4.69, 9.17) is 4.74 Å². The number of morpholine rings is 1. The second-order valence-electron chi connectivity index (χ2n) is 5.01. The van der Waals surface area contributed by atoms with Crippen LogP contribution >= 0.6 is 0 Å². The summed E-state index contributed by atoms with van der Waals surface area (Å²) in [5.74, 6) is 0.786. The molecule has 0 amide bonds. The summed E-state index contributed by atoms with van der Waals surface area (Å²) in [6.45, 7) is 6.94. The monoisotopic (exact) mass is 274 g/mol. The first-order valence-corrected chi connectivity index (χ1v) is 6.72. The number of nitrogens with zero attached hydrogens (tertiary/aromatic N) is 6. The second kappa shape index (κ2) is 5.54. The number of rotatable bonds is 3. The van der Waals surface area contributed by atoms with E-state index >= 15 is 0 Å². The molecule has 1 unspecified atom stereocenters. The van der Waals surface area contributed by atoms with Gasteiger partial charge in [-0.3, -0.25) is 4.68 Å². The van der Waals surface area contributed by atoms with Crippen molar-refractivity contribution in [3.63, 3.8) is 0 Å². The lowest BCUT2D eigenvalue weighted by molar-refractivity contribution is 0.0268. The number of ether oxygens (including phenoxy) is 1. The van der Waals surface area contributed by atoms with Crippen molar-refractivity contribution >= 4 is 5.95 Å². The maximum Gasteiger partial charge on any atom is 0.225 e. The highest BCUT2D eigenvalue weighted by molar-refractivity contribution is 5.32. The van der Waals surface area contributed by atoms with E-state index < -0.39 is 0 Å². The van der Waals surface area contributed by atoms with Gasteiger partial charge < -0.3 is 9.64 Å². The minimum absolute atomic E-state index is 0.0786. The molecular weight excluding hydrogens is 256 g/mol. The van der Waals surface area contributed by atoms with Gasteiger partial charge in [-0.15, -0.1) is 0 Å². The molecule has 0 N–H and O–H groups in total. The Hall–Kier alpha value is -2.02. The van der Waals surface area contributed by atoms with Crippen LogP contribution in [0.15, 0.2) is 18.7 Å². The van der Waals surface area contributed by atoms with E-state index in [1.165, 1.54) is 6.33 Å². The molecule has 0 aromatic carbocycles. The minimum atomic E-state index is 0.0786. The first-order valence-electron chi connectivity index (χ1n) is 6.72. The zero-order chi connectivity index (χ0) is 13.9. The van der Waals surface area contributed by atoms with Crippen molar-refractivity contribution in [1.82, 2.24) is 24.7 Å². The van der Waals surface area contributed by atoms with Crippen LogP contribution in [0.3, 0.4) is 0 Å². The van der Waals surface area contributed by atoms with Crippen LogP contribution in [-0.2, 0) is 11.3 Å². The van der Waals surface area contributed by atoms with Crippen LogP contribution in [0, 0.1) is 13.8 Å². The molecule has 7 heteroatoms. The average Bonchev–Trinajstić information content (AvgIpc) is 2.91. The maximum absolute atomic E-state index is 5.78. The van der Waals surface area contributed by atoms with Gasteiger partial charge in [-0.2, -0.15) is 5.10 Å². The summed E-state index contributed by atoms with van der Waals surface area (Å²) in [5.41, 5.74) is 1.98. The van der Waals surface area contributed by atoms with E-state index in [-0.39, 0.29) is 6.10 Å². The Labute approximate surface area is 117 Å². The lowest BCUT2D eigenvalue weighted by atomic mass is 10.2. The summed E-state index contributed by atoms with van der Waals surface area (Å²) in [5, 5.41) is 4.11. The van der Waals surface area contributed by atoms with Crippen molar-refractivity contribution in [3.8, 4) is 0 Å². The first-order chi connectivity index (χ1) is 9.70. The topological polar surface area (TPSA) is 69.0 Å². The number of hydrogen-bond acceptors (Lipinski definition) is 6. The van der Waals surface area contributed by atoms with E-state index in [2.05, 4.69) is 25.0 Å². The lowest BCUT2D eigenvalue weighted by Gasteiger charge is -2.33. The van der Waals surface area contributed by atoms with Gasteiger partial charge in [0, 0.05) is 24.5 Å². The Balaban J connectivity index is 1.71. The Bertz CT molecular complexity index is 550. The quantitative estimate of drug-likeness (QED) is 0.816. The summed E-state index contributed by atoms with van der Waals surface area (Å²) < 4.78 is 7.57. The summed E-state index contributed by atoms with van der Waals surface area (Å²) in [6.07, 6.45) is 3.32. The zero-order valence-corrected chi connectivity index (χ0v) is 11.7. The molecule has 0 spiro atoms. The number of aromatic nitrogens is 5. The van der Waals surface area contributed by atoms with E-state index in [0.717, 1.165) is 30.4 Å². The zero-order valence-electron chi connectivity index (χ0n) is 11.7. The van der Waals surface area contributed by atoms with Crippen LogP contribution in [0.1, 0.15) is 11.4 Å². The highest BCUT2D eigenvalue weighted by atomic mass is 16.5. The van der Waals surface area contributed by atoms with Crippen molar-refractivity contribution < 1.29 is 4.74 Å². The molecular formula is C13H18N6O. The van der Waals surface area contributed by atoms with Gasteiger partial charge in [0.2, 0.25) is 5.95 Å². The largest absolute Gasteiger partial charge is 0.373 e. The van der Waals surface area contributed by atoms with Crippen LogP contribution < -0.4 is 4.90 Å². The summed E-state index contributed by atoms with van der Waals surface area (Å²) in [4.78, 5) is 15.1. The minimum Gasteiger partial charge on any atom is -0.373 e. The summed E-state index contributed by atoms with van der Waals surface area (Å²) >= 11 is 0. The molecule has 7 nitrogen and oxygen atoms in total. The third kappa shape index (κ3) is 2.93. The van der Waals surface area contributed by atoms with E-state index in [9.17, 15) is 0 Å². The van der Waals surface area contributed by atoms with Gasteiger partial charge in [0.1, 0.15) is 12.7 Å². The standard InChI is InChI=1S/C13H18N6O/c1-10-5-11(2)17-13(16-10)18-3-4-20-12(6-18)7-19-9-14-8-15-19/h5,8-9,12H,3-4,6-7H2,1-2H3. The second-order valence-corrected chi connectivity index (χ2v) is 5.01. The molecule has 1 atom stereocenters. The van der Waals surface area contributed by atoms with Crippen molar-refractivity contribution in [3.05, 3.63) is 30.1 Å². The van der Waals surface area contributed by atoms with Crippen LogP contribution in [-0.4, -0.2) is 50.5 Å². The van der Waals surface area contributed by atoms with Gasteiger partial charge in [0.05, 0.1) is 19.3 Å². The van der Waals surface area contributed by atoms with E-state index in [1.54, 1.807) is 11.0 Å². The normalized spacial score (nSPS) is 19.3. The van der Waals surface area contributed by atoms with Gasteiger partial charge >= 0.3 is 0 Å². The third-order valence-corrected chi connectivity index (χ3v) is 3.25. The Morgan fingerprint density at radius 2 is 2.10 bits per heavy atom. The molecule has 3 rings (SSSR count). The van der Waals surface area contributed by atoms with Gasteiger partial charge in [-0.25, -0.2) is 15.0 Å². The van der Waals surface area contributed by atoms with Crippen molar-refractivity contribution in [2.75, 3.05) is 24.6 Å². The van der Waals surface area contributed by atoms with Gasteiger partial charge in [-0.05, 0) is 19.9 Å². The van der Waals surface area contributed by atoms with Crippen molar-refractivity contribution in [1.29, 1.82) is 0 Å². The molecule has 106 valence electrons. The fourth-order valence-electron chi connectivity index (χ4n) is 2.40. The fourth-order valence-corrected chi connectivity index (χ4v) is 2.40. The van der Waals surface area contributed by atoms with Gasteiger partial charge in [0.15, 0.2) is 0 Å². The molecule has 1 fully saturated rings. The Kier molecular flexibility index (Phi) is 3.60. The summed E-state index contributed by atoms with van der Waals surface area (Å²) in [6, 6.07) is 1.98. The highest BCUT2D eigenvalue weighted by Crippen LogP contribution is 2.15. The van der Waals surface area contributed by atoms with Gasteiger partial charge in [-0.1, -0.05) is 0 Å².